The Kier molecular flexibility index (Phi) is 6.77. The number of phenolic OH excluding ortho intramolecular Hbond substituents is 3. The number of phenols is 3. The van der Waals surface area contributed by atoms with Crippen LogP contribution in [0.25, 0.3) is 22.3 Å². The zero-order chi connectivity index (χ0) is 22.5. The zero-order valence-corrected chi connectivity index (χ0v) is 18.0. The van der Waals surface area contributed by atoms with Gasteiger partial charge in [0.25, 0.3) is 0 Å². The predicted molar refractivity (Wildman–Crippen MR) is 119 cm³/mol. The second-order valence-electron chi connectivity index (χ2n) is 7.26. The van der Waals surface area contributed by atoms with Crippen LogP contribution < -0.4 is 14.2 Å². The second-order valence-corrected chi connectivity index (χ2v) is 7.26. The minimum absolute atomic E-state index is 0.0423. The van der Waals surface area contributed by atoms with Crippen molar-refractivity contribution >= 4 is 0 Å². The third-order valence-corrected chi connectivity index (χ3v) is 4.86. The molecule has 3 rings (SSSR count). The molecule has 7 nitrogen and oxygen atoms in total. The maximum atomic E-state index is 11.0. The molecule has 0 aromatic heterocycles. The first kappa shape index (κ1) is 22.1. The summed E-state index contributed by atoms with van der Waals surface area (Å²) in [7, 11) is 6.85. The summed E-state index contributed by atoms with van der Waals surface area (Å²) in [6.07, 6.45) is 0. The standard InChI is InChI=1S/C24H27NO6/c1-25(2)11-12-31-20-10-7-16(13-19(20)27)22-21(29-3)14-18(24(30-4)23(22)28)15-5-8-17(26)9-6-15/h5-10,13-14,26-28H,11-12H2,1-4H3. The molecule has 3 aromatic rings. The first-order valence-electron chi connectivity index (χ1n) is 9.74. The third-order valence-electron chi connectivity index (χ3n) is 4.86. The molecule has 7 heteroatoms. The van der Waals surface area contributed by atoms with Crippen molar-refractivity contribution < 1.29 is 29.5 Å². The smallest absolute Gasteiger partial charge is 0.170 e. The number of methoxy groups -OCH3 is 2. The molecule has 0 unspecified atom stereocenters. The highest BCUT2D eigenvalue weighted by Crippen LogP contribution is 2.50. The van der Waals surface area contributed by atoms with E-state index < -0.39 is 0 Å². The zero-order valence-electron chi connectivity index (χ0n) is 18.0. The molecule has 31 heavy (non-hydrogen) atoms. The van der Waals surface area contributed by atoms with Gasteiger partial charge in [-0.3, -0.25) is 0 Å². The summed E-state index contributed by atoms with van der Waals surface area (Å²) in [4.78, 5) is 1.98. The van der Waals surface area contributed by atoms with Gasteiger partial charge in [0, 0.05) is 12.1 Å². The highest BCUT2D eigenvalue weighted by Gasteiger charge is 2.22. The minimum atomic E-state index is -0.120. The third kappa shape index (κ3) is 4.78. The predicted octanol–water partition coefficient (Wildman–Crippen LogP) is 4.10. The topological polar surface area (TPSA) is 91.6 Å². The lowest BCUT2D eigenvalue weighted by Crippen LogP contribution is -2.19. The quantitative estimate of drug-likeness (QED) is 0.501. The average molecular weight is 425 g/mol. The number of rotatable bonds is 8. The van der Waals surface area contributed by atoms with Gasteiger partial charge in [0.2, 0.25) is 0 Å². The highest BCUT2D eigenvalue weighted by atomic mass is 16.5. The van der Waals surface area contributed by atoms with Crippen LogP contribution in [0.2, 0.25) is 0 Å². The van der Waals surface area contributed by atoms with E-state index in [-0.39, 0.29) is 23.0 Å². The lowest BCUT2D eigenvalue weighted by molar-refractivity contribution is 0.252. The average Bonchev–Trinajstić information content (AvgIpc) is 2.74. The number of aromatic hydroxyl groups is 3. The fraction of sp³-hybridized carbons (Fsp3) is 0.250. The molecule has 0 spiro atoms. The molecule has 0 radical (unpaired) electrons. The molecule has 0 saturated heterocycles. The lowest BCUT2D eigenvalue weighted by Gasteiger charge is -2.18. The fourth-order valence-electron chi connectivity index (χ4n) is 3.26. The molecule has 3 aromatic carbocycles. The molecule has 0 heterocycles. The van der Waals surface area contributed by atoms with Gasteiger partial charge in [-0.15, -0.1) is 0 Å². The maximum absolute atomic E-state index is 11.0. The summed E-state index contributed by atoms with van der Waals surface area (Å²) >= 11 is 0. The van der Waals surface area contributed by atoms with Crippen molar-refractivity contribution in [2.75, 3.05) is 41.5 Å². The highest BCUT2D eigenvalue weighted by molar-refractivity contribution is 5.88. The Morgan fingerprint density at radius 2 is 1.48 bits per heavy atom. The Morgan fingerprint density at radius 1 is 0.806 bits per heavy atom. The number of benzene rings is 3. The number of hydrogen-bond donors (Lipinski definition) is 3. The largest absolute Gasteiger partial charge is 0.508 e. The van der Waals surface area contributed by atoms with Crippen molar-refractivity contribution in [2.45, 2.75) is 0 Å². The first-order chi connectivity index (χ1) is 14.8. The van der Waals surface area contributed by atoms with Crippen LogP contribution in [0.1, 0.15) is 0 Å². The molecule has 0 aliphatic rings. The molecule has 164 valence electrons. The van der Waals surface area contributed by atoms with E-state index >= 15 is 0 Å². The molecule has 0 aliphatic carbocycles. The van der Waals surface area contributed by atoms with Crippen molar-refractivity contribution in [2.24, 2.45) is 0 Å². The summed E-state index contributed by atoms with van der Waals surface area (Å²) in [5.41, 5.74) is 2.27. The van der Waals surface area contributed by atoms with Gasteiger partial charge in [-0.1, -0.05) is 18.2 Å². The van der Waals surface area contributed by atoms with E-state index in [1.165, 1.54) is 20.3 Å². The van der Waals surface area contributed by atoms with Gasteiger partial charge in [-0.05, 0) is 55.6 Å². The van der Waals surface area contributed by atoms with Crippen LogP contribution in [0, 0.1) is 0 Å². The van der Waals surface area contributed by atoms with E-state index in [1.54, 1.807) is 42.5 Å². The first-order valence-corrected chi connectivity index (χ1v) is 9.74. The van der Waals surface area contributed by atoms with Crippen molar-refractivity contribution in [1.29, 1.82) is 0 Å². The van der Waals surface area contributed by atoms with Crippen LogP contribution >= 0.6 is 0 Å². The lowest BCUT2D eigenvalue weighted by atomic mass is 9.96. The van der Waals surface area contributed by atoms with Gasteiger partial charge in [0.15, 0.2) is 23.0 Å². The SMILES string of the molecule is COc1cc(-c2ccc(O)cc2)c(OC)c(O)c1-c1ccc(OCCN(C)C)c(O)c1. The van der Waals surface area contributed by atoms with Gasteiger partial charge < -0.3 is 34.4 Å². The van der Waals surface area contributed by atoms with Crippen molar-refractivity contribution in [1.82, 2.24) is 4.90 Å². The monoisotopic (exact) mass is 425 g/mol. The van der Waals surface area contributed by atoms with Gasteiger partial charge >= 0.3 is 0 Å². The molecule has 0 atom stereocenters. The molecule has 0 amide bonds. The molecule has 3 N–H and O–H groups in total. The summed E-state index contributed by atoms with van der Waals surface area (Å²) in [6, 6.07) is 13.2. The van der Waals surface area contributed by atoms with E-state index in [9.17, 15) is 15.3 Å². The van der Waals surface area contributed by atoms with Crippen LogP contribution in [-0.4, -0.2) is 61.7 Å². The molecular formula is C24H27NO6. The van der Waals surface area contributed by atoms with Crippen LogP contribution in [0.3, 0.4) is 0 Å². The van der Waals surface area contributed by atoms with Crippen molar-refractivity contribution in [3.63, 3.8) is 0 Å². The fourth-order valence-corrected chi connectivity index (χ4v) is 3.26. The molecule has 0 fully saturated rings. The van der Waals surface area contributed by atoms with Gasteiger partial charge in [-0.2, -0.15) is 0 Å². The minimum Gasteiger partial charge on any atom is -0.508 e. The van der Waals surface area contributed by atoms with Crippen LogP contribution in [0.5, 0.6) is 34.5 Å². The van der Waals surface area contributed by atoms with Gasteiger partial charge in [-0.25, -0.2) is 0 Å². The maximum Gasteiger partial charge on any atom is 0.170 e. The Bertz CT molecular complexity index is 1050. The number of likely N-dealkylation sites (N-methyl/N-ethyl adjacent to an activating group) is 1. The molecule has 0 saturated carbocycles. The van der Waals surface area contributed by atoms with Crippen molar-refractivity contribution in [3.05, 3.63) is 48.5 Å². The second kappa shape index (κ2) is 9.49. The van der Waals surface area contributed by atoms with E-state index in [4.69, 9.17) is 14.2 Å². The summed E-state index contributed by atoms with van der Waals surface area (Å²) < 4.78 is 16.7. The Morgan fingerprint density at radius 3 is 2.06 bits per heavy atom. The number of hydrogen-bond acceptors (Lipinski definition) is 7. The van der Waals surface area contributed by atoms with E-state index in [2.05, 4.69) is 0 Å². The molecule has 0 aliphatic heterocycles. The number of nitrogens with zero attached hydrogens (tertiary/aromatic N) is 1. The Balaban J connectivity index is 2.05. The van der Waals surface area contributed by atoms with Gasteiger partial charge in [0.1, 0.15) is 18.1 Å². The Hall–Kier alpha value is -3.58. The summed E-state index contributed by atoms with van der Waals surface area (Å²) in [6.45, 7) is 1.15. The molecular weight excluding hydrogens is 398 g/mol. The summed E-state index contributed by atoms with van der Waals surface area (Å²) in [5, 5.41) is 31.0. The van der Waals surface area contributed by atoms with E-state index in [0.29, 0.717) is 41.3 Å². The van der Waals surface area contributed by atoms with E-state index in [1.807, 2.05) is 19.0 Å². The normalized spacial score (nSPS) is 10.9. The van der Waals surface area contributed by atoms with Crippen molar-refractivity contribution in [3.8, 4) is 56.8 Å². The van der Waals surface area contributed by atoms with Crippen LogP contribution in [-0.2, 0) is 0 Å². The van der Waals surface area contributed by atoms with Crippen LogP contribution in [0.4, 0.5) is 0 Å². The van der Waals surface area contributed by atoms with Crippen LogP contribution in [0.15, 0.2) is 48.5 Å². The summed E-state index contributed by atoms with van der Waals surface area (Å²) in [5.74, 6) is 0.995. The molecule has 0 bridgehead atoms. The van der Waals surface area contributed by atoms with E-state index in [0.717, 1.165) is 5.56 Å². The van der Waals surface area contributed by atoms with Gasteiger partial charge in [0.05, 0.1) is 19.8 Å². The Labute approximate surface area is 181 Å². The number of ether oxygens (including phenoxy) is 3.